The van der Waals surface area contributed by atoms with E-state index in [1.165, 1.54) is 5.56 Å². The van der Waals surface area contributed by atoms with Crippen molar-refractivity contribution in [3.8, 4) is 0 Å². The van der Waals surface area contributed by atoms with E-state index in [2.05, 4.69) is 35.0 Å². The monoisotopic (exact) mass is 503 g/mol. The number of nitrogens with one attached hydrogen (secondary N) is 1. The highest BCUT2D eigenvalue weighted by Gasteiger charge is 2.24. The molecule has 2 aromatic heterocycles. The maximum atomic E-state index is 12.9. The molecule has 0 radical (unpaired) electrons. The number of nitrogens with zero attached hydrogens (tertiary/aromatic N) is 2. The Bertz CT molecular complexity index is 1200. The Morgan fingerprint density at radius 2 is 1.85 bits per heavy atom. The second kappa shape index (κ2) is 11.4. The Morgan fingerprint density at radius 1 is 1.18 bits per heavy atom. The van der Waals surface area contributed by atoms with Crippen molar-refractivity contribution in [3.05, 3.63) is 88.4 Å². The summed E-state index contributed by atoms with van der Waals surface area (Å²) in [7, 11) is -3.61. The van der Waals surface area contributed by atoms with Crippen molar-refractivity contribution in [1.82, 2.24) is 14.3 Å². The number of benzene rings is 1. The Labute approximate surface area is 206 Å². The van der Waals surface area contributed by atoms with Gasteiger partial charge >= 0.3 is 0 Å². The zero-order valence-electron chi connectivity index (χ0n) is 19.4. The van der Waals surface area contributed by atoms with E-state index in [4.69, 9.17) is 11.6 Å². The molecular formula is C25H30ClN3O2S2. The smallest absolute Gasteiger partial charge is 0.240 e. The molecule has 0 aliphatic carbocycles. The molecule has 0 atom stereocenters. The minimum Gasteiger partial charge on any atom is -0.335 e. The molecular weight excluding hydrogens is 474 g/mol. The maximum absolute atomic E-state index is 12.9. The molecule has 33 heavy (non-hydrogen) atoms. The van der Waals surface area contributed by atoms with Gasteiger partial charge in [-0.3, -0.25) is 4.98 Å². The minimum atomic E-state index is -3.61. The molecule has 0 fully saturated rings. The Balaban J connectivity index is 2.02. The summed E-state index contributed by atoms with van der Waals surface area (Å²) in [4.78, 5) is 4.39. The lowest BCUT2D eigenvalue weighted by molar-refractivity contribution is 0.580. The zero-order chi connectivity index (χ0) is 24.0. The lowest BCUT2D eigenvalue weighted by Crippen LogP contribution is -2.24. The minimum absolute atomic E-state index is 0.224. The summed E-state index contributed by atoms with van der Waals surface area (Å²) in [6, 6.07) is 12.5. The van der Waals surface area contributed by atoms with Gasteiger partial charge in [0.25, 0.3) is 0 Å². The average Bonchev–Trinajstić information content (AvgIpc) is 3.04. The second-order valence-electron chi connectivity index (χ2n) is 8.12. The van der Waals surface area contributed by atoms with Gasteiger partial charge in [0.2, 0.25) is 10.0 Å². The van der Waals surface area contributed by atoms with Crippen LogP contribution in [0.25, 0.3) is 0 Å². The molecule has 3 aromatic rings. The van der Waals surface area contributed by atoms with Crippen molar-refractivity contribution in [3.63, 3.8) is 0 Å². The van der Waals surface area contributed by atoms with Gasteiger partial charge in [-0.05, 0) is 60.7 Å². The number of allylic oxidation sites excluding steroid dienone is 1. The van der Waals surface area contributed by atoms with Gasteiger partial charge in [-0.15, -0.1) is 11.8 Å². The molecule has 0 aliphatic rings. The predicted octanol–water partition coefficient (Wildman–Crippen LogP) is 6.08. The number of halogens is 1. The molecule has 1 N–H and O–H groups in total. The van der Waals surface area contributed by atoms with Gasteiger partial charge in [-0.2, -0.15) is 0 Å². The van der Waals surface area contributed by atoms with Crippen LogP contribution >= 0.6 is 23.4 Å². The van der Waals surface area contributed by atoms with Crippen LogP contribution in [0.2, 0.25) is 0 Å². The van der Waals surface area contributed by atoms with Gasteiger partial charge in [-0.25, -0.2) is 13.1 Å². The Kier molecular flexibility index (Phi) is 8.82. The van der Waals surface area contributed by atoms with Crippen LogP contribution < -0.4 is 4.72 Å². The van der Waals surface area contributed by atoms with Crippen LogP contribution in [0.3, 0.4) is 0 Å². The first kappa shape index (κ1) is 25.6. The Morgan fingerprint density at radius 3 is 2.45 bits per heavy atom. The molecule has 0 unspecified atom stereocenters. The van der Waals surface area contributed by atoms with Crippen molar-refractivity contribution in [1.29, 1.82) is 0 Å². The van der Waals surface area contributed by atoms with Crippen molar-refractivity contribution < 1.29 is 8.42 Å². The molecule has 0 saturated heterocycles. The van der Waals surface area contributed by atoms with Gasteiger partial charge in [0.15, 0.2) is 0 Å². The van der Waals surface area contributed by atoms with E-state index in [1.54, 1.807) is 54.5 Å². The predicted molar refractivity (Wildman–Crippen MR) is 137 cm³/mol. The summed E-state index contributed by atoms with van der Waals surface area (Å²) in [5.41, 5.74) is 4.39. The fourth-order valence-electron chi connectivity index (χ4n) is 3.71. The van der Waals surface area contributed by atoms with Crippen molar-refractivity contribution in [2.75, 3.05) is 5.75 Å². The van der Waals surface area contributed by atoms with E-state index < -0.39 is 10.0 Å². The van der Waals surface area contributed by atoms with E-state index in [1.807, 2.05) is 25.1 Å². The van der Waals surface area contributed by atoms with Gasteiger partial charge in [0.1, 0.15) is 0 Å². The standard InChI is InChI=1S/C25H30ClN3O2S2/c1-18(2)24-23(16-28-33(30,31)22-8-6-5-7-9-22)20(4)29(17-21-10-13-27-14-11-21)25(24)32-15-12-19(3)26/h5-14,18,28H,15-17H2,1-4H3/b19-12+. The third kappa shape index (κ3) is 6.51. The van der Waals surface area contributed by atoms with Crippen LogP contribution in [0.1, 0.15) is 49.1 Å². The van der Waals surface area contributed by atoms with E-state index in [9.17, 15) is 8.42 Å². The van der Waals surface area contributed by atoms with Gasteiger partial charge in [0.05, 0.1) is 9.92 Å². The molecule has 5 nitrogen and oxygen atoms in total. The maximum Gasteiger partial charge on any atom is 0.240 e. The van der Waals surface area contributed by atoms with Crippen LogP contribution in [0, 0.1) is 6.92 Å². The van der Waals surface area contributed by atoms with E-state index >= 15 is 0 Å². The number of pyridine rings is 1. The third-order valence-corrected chi connectivity index (χ3v) is 8.01. The number of sulfonamides is 1. The number of aromatic nitrogens is 2. The third-order valence-electron chi connectivity index (χ3n) is 5.39. The van der Waals surface area contributed by atoms with Crippen LogP contribution in [0.4, 0.5) is 0 Å². The summed E-state index contributed by atoms with van der Waals surface area (Å²) in [6.07, 6.45) is 5.57. The van der Waals surface area contributed by atoms with E-state index in [-0.39, 0.29) is 17.4 Å². The topological polar surface area (TPSA) is 64.0 Å². The SMILES string of the molecule is C/C(Cl)=C\CSc1c(C(C)C)c(CNS(=O)(=O)c2ccccc2)c(C)n1Cc1ccncc1. The first-order chi connectivity index (χ1) is 15.7. The molecule has 0 bridgehead atoms. The highest BCUT2D eigenvalue weighted by molar-refractivity contribution is 7.99. The normalized spacial score (nSPS) is 12.5. The lowest BCUT2D eigenvalue weighted by atomic mass is 10.0. The lowest BCUT2D eigenvalue weighted by Gasteiger charge is -2.14. The van der Waals surface area contributed by atoms with Crippen LogP contribution in [0.15, 0.2) is 75.9 Å². The van der Waals surface area contributed by atoms with Crippen LogP contribution in [-0.2, 0) is 23.1 Å². The van der Waals surface area contributed by atoms with E-state index in [0.29, 0.717) is 6.54 Å². The van der Waals surface area contributed by atoms with Crippen molar-refractivity contribution in [2.45, 2.75) is 56.6 Å². The summed E-state index contributed by atoms with van der Waals surface area (Å²) >= 11 is 7.79. The second-order valence-corrected chi connectivity index (χ2v) is 11.5. The zero-order valence-corrected chi connectivity index (χ0v) is 21.8. The summed E-state index contributed by atoms with van der Waals surface area (Å²) < 4.78 is 30.8. The van der Waals surface area contributed by atoms with Gasteiger partial charge < -0.3 is 4.57 Å². The molecule has 0 saturated carbocycles. The van der Waals surface area contributed by atoms with Crippen LogP contribution in [-0.4, -0.2) is 23.7 Å². The molecule has 1 aromatic carbocycles. The van der Waals surface area contributed by atoms with Gasteiger partial charge in [0, 0.05) is 42.0 Å². The van der Waals surface area contributed by atoms with Crippen LogP contribution in [0.5, 0.6) is 0 Å². The summed E-state index contributed by atoms with van der Waals surface area (Å²) in [5, 5.41) is 1.90. The highest BCUT2D eigenvalue weighted by Crippen LogP contribution is 2.37. The average molecular weight is 504 g/mol. The first-order valence-electron chi connectivity index (χ1n) is 10.8. The van der Waals surface area contributed by atoms with Gasteiger partial charge in [-0.1, -0.05) is 49.7 Å². The van der Waals surface area contributed by atoms with E-state index in [0.717, 1.165) is 32.6 Å². The number of thioether (sulfide) groups is 1. The summed E-state index contributed by atoms with van der Waals surface area (Å²) in [6.45, 7) is 9.15. The molecule has 8 heteroatoms. The quantitative estimate of drug-likeness (QED) is 0.341. The number of hydrogen-bond acceptors (Lipinski definition) is 4. The number of hydrogen-bond donors (Lipinski definition) is 1. The largest absolute Gasteiger partial charge is 0.335 e. The fourth-order valence-corrected chi connectivity index (χ4v) is 6.25. The highest BCUT2D eigenvalue weighted by atomic mass is 35.5. The molecule has 0 aliphatic heterocycles. The van der Waals surface area contributed by atoms with Crippen molar-refractivity contribution >= 4 is 33.4 Å². The molecule has 176 valence electrons. The van der Waals surface area contributed by atoms with Crippen molar-refractivity contribution in [2.24, 2.45) is 0 Å². The number of rotatable bonds is 10. The fraction of sp³-hybridized carbons (Fsp3) is 0.320. The molecule has 0 amide bonds. The summed E-state index contributed by atoms with van der Waals surface area (Å²) in [5.74, 6) is 0.964. The molecule has 2 heterocycles. The molecule has 3 rings (SSSR count). The first-order valence-corrected chi connectivity index (χ1v) is 13.7. The Hall–Kier alpha value is -2.06. The molecule has 0 spiro atoms.